The van der Waals surface area contributed by atoms with Crippen LogP contribution in [0.1, 0.15) is 26.7 Å². The number of hydrogen-bond donors (Lipinski definition) is 3. The topological polar surface area (TPSA) is 69.9 Å². The highest BCUT2D eigenvalue weighted by Gasteiger charge is 2.41. The van der Waals surface area contributed by atoms with Crippen molar-refractivity contribution in [1.82, 2.24) is 0 Å². The minimum Gasteiger partial charge on any atom is -0.390 e. The van der Waals surface area contributed by atoms with E-state index in [0.717, 1.165) is 6.42 Å². The summed E-state index contributed by atoms with van der Waals surface area (Å²) < 4.78 is 5.41. The Kier molecular flexibility index (Phi) is 4.31. The fraction of sp³-hybridized carbons (Fsp3) is 1.00. The first-order valence-electron chi connectivity index (χ1n) is 5.23. The van der Waals surface area contributed by atoms with Gasteiger partial charge in [-0.1, -0.05) is 13.8 Å². The van der Waals surface area contributed by atoms with Crippen molar-refractivity contribution >= 4 is 0 Å². The fourth-order valence-electron chi connectivity index (χ4n) is 1.84. The summed E-state index contributed by atoms with van der Waals surface area (Å²) in [5, 5.41) is 28.6. The molecule has 0 spiro atoms. The largest absolute Gasteiger partial charge is 0.390 e. The molecule has 5 atom stereocenters. The minimum absolute atomic E-state index is 0.0322. The summed E-state index contributed by atoms with van der Waals surface area (Å²) in [5.41, 5.74) is 0. The Morgan fingerprint density at radius 3 is 2.36 bits per heavy atom. The summed E-state index contributed by atoms with van der Waals surface area (Å²) >= 11 is 0. The maximum atomic E-state index is 9.62. The first-order valence-corrected chi connectivity index (χ1v) is 5.23. The van der Waals surface area contributed by atoms with E-state index in [-0.39, 0.29) is 12.0 Å². The zero-order chi connectivity index (χ0) is 10.7. The molecule has 0 aromatic heterocycles. The van der Waals surface area contributed by atoms with Crippen molar-refractivity contribution < 1.29 is 20.1 Å². The van der Waals surface area contributed by atoms with Gasteiger partial charge in [0, 0.05) is 6.61 Å². The van der Waals surface area contributed by atoms with Gasteiger partial charge in [0.05, 0.1) is 12.2 Å². The van der Waals surface area contributed by atoms with E-state index in [0.29, 0.717) is 13.0 Å². The second-order valence-corrected chi connectivity index (χ2v) is 4.09. The Morgan fingerprint density at radius 2 is 1.79 bits per heavy atom. The second kappa shape index (κ2) is 5.07. The van der Waals surface area contributed by atoms with Crippen LogP contribution >= 0.6 is 0 Å². The van der Waals surface area contributed by atoms with Gasteiger partial charge in [-0.3, -0.25) is 0 Å². The van der Waals surface area contributed by atoms with Crippen LogP contribution in [0.5, 0.6) is 0 Å². The van der Waals surface area contributed by atoms with Crippen LogP contribution in [-0.2, 0) is 4.74 Å². The van der Waals surface area contributed by atoms with E-state index < -0.39 is 18.3 Å². The highest BCUT2D eigenvalue weighted by atomic mass is 16.5. The quantitative estimate of drug-likeness (QED) is 0.600. The molecular formula is C10H20O4. The number of ether oxygens (including phenoxy) is 1. The number of aliphatic hydroxyl groups is 3. The average Bonchev–Trinajstić information content (AvgIpc) is 2.18. The van der Waals surface area contributed by atoms with Crippen molar-refractivity contribution in [3.63, 3.8) is 0 Å². The van der Waals surface area contributed by atoms with Gasteiger partial charge in [-0.15, -0.1) is 0 Å². The Bertz CT molecular complexity index is 174. The van der Waals surface area contributed by atoms with E-state index in [2.05, 4.69) is 0 Å². The smallest absolute Gasteiger partial charge is 0.109 e. The Balaban J connectivity index is 2.52. The zero-order valence-corrected chi connectivity index (χ0v) is 8.76. The van der Waals surface area contributed by atoms with E-state index in [1.807, 2.05) is 13.8 Å². The maximum Gasteiger partial charge on any atom is 0.109 e. The molecular weight excluding hydrogens is 184 g/mol. The minimum atomic E-state index is -1.08. The maximum absolute atomic E-state index is 9.62. The van der Waals surface area contributed by atoms with E-state index in [4.69, 9.17) is 4.74 Å². The second-order valence-electron chi connectivity index (χ2n) is 4.09. The Hall–Kier alpha value is -0.160. The molecule has 0 aromatic carbocycles. The summed E-state index contributed by atoms with van der Waals surface area (Å²) in [7, 11) is 0. The summed E-state index contributed by atoms with van der Waals surface area (Å²) in [4.78, 5) is 0. The van der Waals surface area contributed by atoms with Crippen LogP contribution in [0, 0.1) is 5.92 Å². The van der Waals surface area contributed by atoms with Gasteiger partial charge in [-0.25, -0.2) is 0 Å². The van der Waals surface area contributed by atoms with E-state index in [9.17, 15) is 15.3 Å². The van der Waals surface area contributed by atoms with Crippen LogP contribution in [0.15, 0.2) is 0 Å². The van der Waals surface area contributed by atoms with Crippen LogP contribution < -0.4 is 0 Å². The van der Waals surface area contributed by atoms with Crippen LogP contribution in [0.4, 0.5) is 0 Å². The average molecular weight is 204 g/mol. The molecule has 14 heavy (non-hydrogen) atoms. The monoisotopic (exact) mass is 204 g/mol. The third kappa shape index (κ3) is 2.45. The molecule has 0 heterocycles. The first-order chi connectivity index (χ1) is 6.57. The standard InChI is InChI=1S/C10H20O4/c1-3-4-14-7-5-6(2)8(11)10(13)9(7)12/h6-13H,3-5H2,1-2H3/t6-,7-,8-,9-,10-/m1/s1. The van der Waals surface area contributed by atoms with Gasteiger partial charge in [0.15, 0.2) is 0 Å². The molecule has 0 amide bonds. The lowest BCUT2D eigenvalue weighted by Gasteiger charge is -2.38. The fourth-order valence-corrected chi connectivity index (χ4v) is 1.84. The molecule has 4 nitrogen and oxygen atoms in total. The number of hydrogen-bond acceptors (Lipinski definition) is 4. The van der Waals surface area contributed by atoms with Gasteiger partial charge in [0.2, 0.25) is 0 Å². The summed E-state index contributed by atoms with van der Waals surface area (Å²) in [6.07, 6.45) is -1.75. The summed E-state index contributed by atoms with van der Waals surface area (Å²) in [5.74, 6) is -0.0322. The number of aliphatic hydroxyl groups excluding tert-OH is 3. The molecule has 3 N–H and O–H groups in total. The summed E-state index contributed by atoms with van der Waals surface area (Å²) in [6, 6.07) is 0. The zero-order valence-electron chi connectivity index (χ0n) is 8.76. The van der Waals surface area contributed by atoms with Gasteiger partial charge < -0.3 is 20.1 Å². The molecule has 4 heteroatoms. The van der Waals surface area contributed by atoms with Crippen molar-refractivity contribution in [2.45, 2.75) is 51.1 Å². The third-order valence-corrected chi connectivity index (χ3v) is 2.80. The van der Waals surface area contributed by atoms with Crippen molar-refractivity contribution in [3.8, 4) is 0 Å². The predicted octanol–water partition coefficient (Wildman–Crippen LogP) is -0.0959. The molecule has 1 rings (SSSR count). The third-order valence-electron chi connectivity index (χ3n) is 2.80. The molecule has 0 aliphatic heterocycles. The van der Waals surface area contributed by atoms with Crippen molar-refractivity contribution in [2.75, 3.05) is 6.61 Å². The first kappa shape index (κ1) is 11.9. The highest BCUT2D eigenvalue weighted by molar-refractivity contribution is 4.91. The lowest BCUT2D eigenvalue weighted by atomic mass is 9.82. The van der Waals surface area contributed by atoms with E-state index in [1.165, 1.54) is 0 Å². The molecule has 1 aliphatic carbocycles. The van der Waals surface area contributed by atoms with Crippen LogP contribution in [0.2, 0.25) is 0 Å². The van der Waals surface area contributed by atoms with Crippen molar-refractivity contribution in [3.05, 3.63) is 0 Å². The lowest BCUT2D eigenvalue weighted by molar-refractivity contribution is -0.170. The van der Waals surface area contributed by atoms with Gasteiger partial charge in [-0.05, 0) is 18.8 Å². The van der Waals surface area contributed by atoms with E-state index in [1.54, 1.807) is 0 Å². The molecule has 1 aliphatic rings. The lowest BCUT2D eigenvalue weighted by Crippen LogP contribution is -2.53. The predicted molar refractivity (Wildman–Crippen MR) is 51.8 cm³/mol. The molecule has 0 bridgehead atoms. The Labute approximate surface area is 84.5 Å². The molecule has 0 unspecified atom stereocenters. The van der Waals surface area contributed by atoms with Gasteiger partial charge in [0.25, 0.3) is 0 Å². The van der Waals surface area contributed by atoms with Crippen LogP contribution in [0.3, 0.4) is 0 Å². The normalized spacial score (nSPS) is 43.9. The highest BCUT2D eigenvalue weighted by Crippen LogP contribution is 2.27. The number of rotatable bonds is 3. The molecule has 84 valence electrons. The van der Waals surface area contributed by atoms with Gasteiger partial charge in [0.1, 0.15) is 12.2 Å². The van der Waals surface area contributed by atoms with Crippen molar-refractivity contribution in [2.24, 2.45) is 5.92 Å². The molecule has 0 radical (unpaired) electrons. The molecule has 0 aromatic rings. The molecule has 0 saturated heterocycles. The van der Waals surface area contributed by atoms with Crippen molar-refractivity contribution in [1.29, 1.82) is 0 Å². The van der Waals surface area contributed by atoms with E-state index >= 15 is 0 Å². The molecule has 1 saturated carbocycles. The van der Waals surface area contributed by atoms with Gasteiger partial charge >= 0.3 is 0 Å². The molecule has 1 fully saturated rings. The van der Waals surface area contributed by atoms with Crippen LogP contribution in [-0.4, -0.2) is 46.3 Å². The Morgan fingerprint density at radius 1 is 1.14 bits per heavy atom. The summed E-state index contributed by atoms with van der Waals surface area (Å²) in [6.45, 7) is 4.42. The van der Waals surface area contributed by atoms with Gasteiger partial charge in [-0.2, -0.15) is 0 Å². The van der Waals surface area contributed by atoms with Crippen LogP contribution in [0.25, 0.3) is 0 Å². The SMILES string of the molecule is CCCO[C@@H]1C[C@@H](C)[C@@H](O)[C@@H](O)[C@@H]1O.